The van der Waals surface area contributed by atoms with E-state index in [9.17, 15) is 9.59 Å². The lowest BCUT2D eigenvalue weighted by Crippen LogP contribution is -2.46. The summed E-state index contributed by atoms with van der Waals surface area (Å²) >= 11 is 7.42. The highest BCUT2D eigenvalue weighted by Crippen LogP contribution is 2.24. The number of thiophene rings is 1. The van der Waals surface area contributed by atoms with E-state index in [1.165, 1.54) is 11.3 Å². The van der Waals surface area contributed by atoms with Gasteiger partial charge in [-0.05, 0) is 48.9 Å². The summed E-state index contributed by atoms with van der Waals surface area (Å²) in [7, 11) is 0. The zero-order chi connectivity index (χ0) is 17.1. The molecule has 1 aliphatic rings. The SMILES string of the molecule is C[C@H](NC(=O)[C@H]1CCCN1C(=O)c1cccs1)c1cccc(Cl)c1. The lowest BCUT2D eigenvalue weighted by Gasteiger charge is -2.25. The van der Waals surface area contributed by atoms with Crippen LogP contribution < -0.4 is 5.32 Å². The molecule has 2 aromatic rings. The standard InChI is InChI=1S/C18H19ClN2O2S/c1-12(13-5-2-6-14(19)11-13)20-17(22)15-7-3-9-21(15)18(23)16-8-4-10-24-16/h2,4-6,8,10-12,15H,3,7,9H2,1H3,(H,20,22)/t12-,15+/m0/s1. The quantitative estimate of drug-likeness (QED) is 0.897. The molecule has 126 valence electrons. The summed E-state index contributed by atoms with van der Waals surface area (Å²) in [6.45, 7) is 2.55. The lowest BCUT2D eigenvalue weighted by molar-refractivity contribution is -0.125. The van der Waals surface area contributed by atoms with Gasteiger partial charge in [-0.3, -0.25) is 9.59 Å². The van der Waals surface area contributed by atoms with Crippen molar-refractivity contribution in [3.63, 3.8) is 0 Å². The van der Waals surface area contributed by atoms with Gasteiger partial charge < -0.3 is 10.2 Å². The number of carbonyl (C=O) groups is 2. The second-order valence-electron chi connectivity index (χ2n) is 5.92. The monoisotopic (exact) mass is 362 g/mol. The maximum Gasteiger partial charge on any atom is 0.264 e. The van der Waals surface area contributed by atoms with Crippen molar-refractivity contribution < 1.29 is 9.59 Å². The van der Waals surface area contributed by atoms with E-state index in [1.54, 1.807) is 17.0 Å². The zero-order valence-electron chi connectivity index (χ0n) is 13.4. The van der Waals surface area contributed by atoms with E-state index in [-0.39, 0.29) is 17.9 Å². The Morgan fingerprint density at radius 1 is 1.33 bits per heavy atom. The molecule has 0 unspecified atom stereocenters. The van der Waals surface area contributed by atoms with Crippen molar-refractivity contribution in [2.75, 3.05) is 6.54 Å². The second kappa shape index (κ2) is 7.36. The summed E-state index contributed by atoms with van der Waals surface area (Å²) in [4.78, 5) is 27.6. The predicted octanol–water partition coefficient (Wildman–Crippen LogP) is 3.88. The molecule has 2 atom stereocenters. The lowest BCUT2D eigenvalue weighted by atomic mass is 10.1. The van der Waals surface area contributed by atoms with Crippen molar-refractivity contribution in [2.45, 2.75) is 31.8 Å². The number of amides is 2. The zero-order valence-corrected chi connectivity index (χ0v) is 14.9. The van der Waals surface area contributed by atoms with Gasteiger partial charge in [0.05, 0.1) is 10.9 Å². The predicted molar refractivity (Wildman–Crippen MR) is 96.4 cm³/mol. The highest BCUT2D eigenvalue weighted by atomic mass is 35.5. The van der Waals surface area contributed by atoms with E-state index in [1.807, 2.05) is 36.6 Å². The van der Waals surface area contributed by atoms with E-state index < -0.39 is 6.04 Å². The number of benzene rings is 1. The van der Waals surface area contributed by atoms with Crippen molar-refractivity contribution >= 4 is 34.8 Å². The van der Waals surface area contributed by atoms with Gasteiger partial charge in [-0.15, -0.1) is 11.3 Å². The summed E-state index contributed by atoms with van der Waals surface area (Å²) < 4.78 is 0. The molecule has 1 aromatic heterocycles. The first kappa shape index (κ1) is 17.0. The molecule has 1 aromatic carbocycles. The molecule has 2 amide bonds. The Hall–Kier alpha value is -1.85. The van der Waals surface area contributed by atoms with Crippen LogP contribution in [0.2, 0.25) is 5.02 Å². The number of carbonyl (C=O) groups excluding carboxylic acids is 2. The smallest absolute Gasteiger partial charge is 0.264 e. The van der Waals surface area contributed by atoms with Crippen molar-refractivity contribution in [3.8, 4) is 0 Å². The Balaban J connectivity index is 1.68. The topological polar surface area (TPSA) is 49.4 Å². The summed E-state index contributed by atoms with van der Waals surface area (Å²) in [6.07, 6.45) is 1.55. The van der Waals surface area contributed by atoms with Crippen LogP contribution in [0.25, 0.3) is 0 Å². The van der Waals surface area contributed by atoms with Crippen LogP contribution in [0.3, 0.4) is 0 Å². The van der Waals surface area contributed by atoms with Crippen LogP contribution in [0.4, 0.5) is 0 Å². The first-order chi connectivity index (χ1) is 11.6. The highest BCUT2D eigenvalue weighted by molar-refractivity contribution is 7.12. The van der Waals surface area contributed by atoms with Crippen LogP contribution >= 0.6 is 22.9 Å². The van der Waals surface area contributed by atoms with E-state index in [4.69, 9.17) is 11.6 Å². The van der Waals surface area contributed by atoms with Crippen molar-refractivity contribution in [1.82, 2.24) is 10.2 Å². The first-order valence-electron chi connectivity index (χ1n) is 7.96. The normalized spacial score (nSPS) is 18.4. The molecular formula is C18H19ClN2O2S. The Labute approximate surface area is 150 Å². The summed E-state index contributed by atoms with van der Waals surface area (Å²) in [5.41, 5.74) is 0.949. The van der Waals surface area contributed by atoms with Crippen molar-refractivity contribution in [1.29, 1.82) is 0 Å². The van der Waals surface area contributed by atoms with Gasteiger partial charge in [-0.2, -0.15) is 0 Å². The van der Waals surface area contributed by atoms with Crippen LogP contribution in [-0.2, 0) is 4.79 Å². The second-order valence-corrected chi connectivity index (χ2v) is 7.30. The third-order valence-electron chi connectivity index (χ3n) is 4.26. The molecule has 0 spiro atoms. The molecule has 24 heavy (non-hydrogen) atoms. The minimum Gasteiger partial charge on any atom is -0.348 e. The fourth-order valence-corrected chi connectivity index (χ4v) is 3.87. The van der Waals surface area contributed by atoms with Crippen LogP contribution in [0.1, 0.15) is 41.0 Å². The molecular weight excluding hydrogens is 344 g/mol. The van der Waals surface area contributed by atoms with E-state index in [2.05, 4.69) is 5.32 Å². The highest BCUT2D eigenvalue weighted by Gasteiger charge is 2.35. The molecule has 0 radical (unpaired) electrons. The number of nitrogens with zero attached hydrogens (tertiary/aromatic N) is 1. The van der Waals surface area contributed by atoms with Gasteiger partial charge in [0.25, 0.3) is 5.91 Å². The van der Waals surface area contributed by atoms with Crippen molar-refractivity contribution in [2.24, 2.45) is 0 Å². The molecule has 1 fully saturated rings. The van der Waals surface area contributed by atoms with E-state index in [0.29, 0.717) is 22.9 Å². The van der Waals surface area contributed by atoms with Crippen molar-refractivity contribution in [3.05, 3.63) is 57.2 Å². The number of rotatable bonds is 4. The average molecular weight is 363 g/mol. The Kier molecular flexibility index (Phi) is 5.21. The van der Waals surface area contributed by atoms with Gasteiger partial charge in [-0.1, -0.05) is 29.8 Å². The maximum absolute atomic E-state index is 12.7. The summed E-state index contributed by atoms with van der Waals surface area (Å²) in [5, 5.41) is 5.52. The fourth-order valence-electron chi connectivity index (χ4n) is 2.99. The van der Waals surface area contributed by atoms with Gasteiger partial charge in [0.15, 0.2) is 0 Å². The third kappa shape index (κ3) is 3.62. The molecule has 4 nitrogen and oxygen atoms in total. The largest absolute Gasteiger partial charge is 0.348 e. The van der Waals surface area contributed by atoms with E-state index in [0.717, 1.165) is 12.0 Å². The Bertz CT molecular complexity index is 732. The summed E-state index contributed by atoms with van der Waals surface area (Å²) in [6, 6.07) is 10.5. The molecule has 0 aliphatic carbocycles. The number of hydrogen-bond donors (Lipinski definition) is 1. The summed E-state index contributed by atoms with van der Waals surface area (Å²) in [5.74, 6) is -0.164. The molecule has 1 aliphatic heterocycles. The maximum atomic E-state index is 12.7. The van der Waals surface area contributed by atoms with Crippen LogP contribution in [0, 0.1) is 0 Å². The Morgan fingerprint density at radius 2 is 2.17 bits per heavy atom. The third-order valence-corrected chi connectivity index (χ3v) is 5.35. The van der Waals surface area contributed by atoms with Gasteiger partial charge in [0, 0.05) is 11.6 Å². The molecule has 6 heteroatoms. The number of halogens is 1. The average Bonchev–Trinajstić information content (AvgIpc) is 3.25. The Morgan fingerprint density at radius 3 is 2.88 bits per heavy atom. The molecule has 0 saturated carbocycles. The van der Waals surface area contributed by atoms with Gasteiger partial charge in [0.1, 0.15) is 6.04 Å². The van der Waals surface area contributed by atoms with Crippen LogP contribution in [0.5, 0.6) is 0 Å². The van der Waals surface area contributed by atoms with Gasteiger partial charge in [0.2, 0.25) is 5.91 Å². The number of nitrogens with one attached hydrogen (secondary N) is 1. The number of hydrogen-bond acceptors (Lipinski definition) is 3. The fraction of sp³-hybridized carbons (Fsp3) is 0.333. The van der Waals surface area contributed by atoms with E-state index >= 15 is 0 Å². The van der Waals surface area contributed by atoms with Crippen LogP contribution in [-0.4, -0.2) is 29.3 Å². The minimum atomic E-state index is -0.402. The molecule has 1 saturated heterocycles. The minimum absolute atomic E-state index is 0.0574. The molecule has 1 N–H and O–H groups in total. The van der Waals surface area contributed by atoms with Crippen LogP contribution in [0.15, 0.2) is 41.8 Å². The molecule has 2 heterocycles. The van der Waals surface area contributed by atoms with Gasteiger partial charge >= 0.3 is 0 Å². The first-order valence-corrected chi connectivity index (χ1v) is 9.22. The molecule has 3 rings (SSSR count). The number of likely N-dealkylation sites (tertiary alicyclic amines) is 1. The van der Waals surface area contributed by atoms with Gasteiger partial charge in [-0.25, -0.2) is 0 Å². The molecule has 0 bridgehead atoms.